The molecule has 1 saturated heterocycles. The van der Waals surface area contributed by atoms with Gasteiger partial charge in [-0.05, 0) is 38.8 Å². The van der Waals surface area contributed by atoms with Gasteiger partial charge in [-0.3, -0.25) is 30.2 Å². The van der Waals surface area contributed by atoms with Crippen LogP contribution in [0.3, 0.4) is 0 Å². The number of carbonyl (C=O) groups is 3. The lowest BCUT2D eigenvalue weighted by Gasteiger charge is -2.30. The van der Waals surface area contributed by atoms with E-state index in [4.69, 9.17) is 0 Å². The number of hydrazine groups is 1. The fraction of sp³-hybridized carbons (Fsp3) is 0.333. The molecule has 3 aromatic heterocycles. The van der Waals surface area contributed by atoms with Crippen LogP contribution in [-0.2, 0) is 0 Å². The van der Waals surface area contributed by atoms with Crippen molar-refractivity contribution in [2.24, 2.45) is 0 Å². The summed E-state index contributed by atoms with van der Waals surface area (Å²) in [5, 5.41) is 3.44. The number of aryl methyl sites for hydroxylation is 2. The van der Waals surface area contributed by atoms with E-state index < -0.39 is 11.8 Å². The number of hydrogen-bond donors (Lipinski definition) is 2. The summed E-state index contributed by atoms with van der Waals surface area (Å²) < 4.78 is 0. The number of hydrogen-bond acceptors (Lipinski definition) is 8. The van der Waals surface area contributed by atoms with Gasteiger partial charge in [-0.2, -0.15) is 0 Å². The summed E-state index contributed by atoms with van der Waals surface area (Å²) in [5.41, 5.74) is 5.95. The van der Waals surface area contributed by atoms with Crippen molar-refractivity contribution in [2.45, 2.75) is 32.6 Å². The average molecular weight is 471 g/mol. The average Bonchev–Trinajstić information content (AvgIpc) is 3.44. The zero-order chi connectivity index (χ0) is 22.7. The maximum absolute atomic E-state index is 12.8. The fourth-order valence-electron chi connectivity index (χ4n) is 3.52. The molecule has 3 aromatic rings. The Kier molecular flexibility index (Phi) is 6.56. The minimum absolute atomic E-state index is 0.0365. The Morgan fingerprint density at radius 1 is 1.03 bits per heavy atom. The summed E-state index contributed by atoms with van der Waals surface area (Å²) in [7, 11) is 0. The largest absolute Gasteiger partial charge is 0.338 e. The van der Waals surface area contributed by atoms with Crippen LogP contribution in [0.15, 0.2) is 29.8 Å². The van der Waals surface area contributed by atoms with E-state index in [1.165, 1.54) is 28.9 Å². The van der Waals surface area contributed by atoms with Gasteiger partial charge in [0.15, 0.2) is 0 Å². The number of rotatable bonds is 4. The van der Waals surface area contributed by atoms with Crippen molar-refractivity contribution < 1.29 is 14.4 Å². The summed E-state index contributed by atoms with van der Waals surface area (Å²) in [6.45, 7) is 5.05. The Balaban J connectivity index is 1.30. The second-order valence-corrected chi connectivity index (χ2v) is 9.50. The number of pyridine rings is 1. The minimum atomic E-state index is -0.502. The third-order valence-corrected chi connectivity index (χ3v) is 7.24. The molecule has 0 aliphatic carbocycles. The van der Waals surface area contributed by atoms with Gasteiger partial charge in [-0.1, -0.05) is 6.07 Å². The first kappa shape index (κ1) is 22.0. The highest BCUT2D eigenvalue weighted by Gasteiger charge is 2.28. The van der Waals surface area contributed by atoms with Crippen molar-refractivity contribution >= 4 is 40.4 Å². The van der Waals surface area contributed by atoms with E-state index in [1.807, 2.05) is 18.7 Å². The molecule has 11 heteroatoms. The van der Waals surface area contributed by atoms with Crippen LogP contribution in [-0.4, -0.2) is 50.7 Å². The van der Waals surface area contributed by atoms with Crippen LogP contribution >= 0.6 is 22.7 Å². The minimum Gasteiger partial charge on any atom is -0.338 e. The molecule has 166 valence electrons. The monoisotopic (exact) mass is 470 g/mol. The Morgan fingerprint density at radius 2 is 1.75 bits per heavy atom. The van der Waals surface area contributed by atoms with Crippen molar-refractivity contribution in [3.05, 3.63) is 61.8 Å². The van der Waals surface area contributed by atoms with Gasteiger partial charge in [-0.25, -0.2) is 9.97 Å². The van der Waals surface area contributed by atoms with Gasteiger partial charge < -0.3 is 4.90 Å². The first-order valence-electron chi connectivity index (χ1n) is 10.1. The molecule has 32 heavy (non-hydrogen) atoms. The van der Waals surface area contributed by atoms with Crippen molar-refractivity contribution in [3.63, 3.8) is 0 Å². The maximum atomic E-state index is 12.8. The second-order valence-electron chi connectivity index (χ2n) is 7.41. The molecule has 0 unspecified atom stereocenters. The van der Waals surface area contributed by atoms with Crippen molar-refractivity contribution in [2.75, 3.05) is 13.1 Å². The molecule has 1 aliphatic heterocycles. The zero-order valence-corrected chi connectivity index (χ0v) is 19.3. The molecule has 0 bridgehead atoms. The number of likely N-dealkylation sites (tertiary alicyclic amines) is 1. The van der Waals surface area contributed by atoms with E-state index in [9.17, 15) is 14.4 Å². The number of carbonyl (C=O) groups excluding carboxylic acids is 3. The molecule has 9 nitrogen and oxygen atoms in total. The first-order valence-corrected chi connectivity index (χ1v) is 11.8. The molecule has 0 spiro atoms. The van der Waals surface area contributed by atoms with E-state index in [1.54, 1.807) is 23.6 Å². The van der Waals surface area contributed by atoms with Gasteiger partial charge in [0.05, 0.1) is 15.7 Å². The molecule has 1 fully saturated rings. The molecule has 0 aromatic carbocycles. The summed E-state index contributed by atoms with van der Waals surface area (Å²) in [5.74, 6) is -0.759. The van der Waals surface area contributed by atoms with Crippen molar-refractivity contribution in [1.29, 1.82) is 0 Å². The normalized spacial score (nSPS) is 14.2. The van der Waals surface area contributed by atoms with Crippen LogP contribution in [0.1, 0.15) is 65.1 Å². The molecule has 0 atom stereocenters. The van der Waals surface area contributed by atoms with E-state index in [-0.39, 0.29) is 23.2 Å². The Labute approximate surface area is 192 Å². The predicted molar refractivity (Wildman–Crippen MR) is 121 cm³/mol. The number of piperidine rings is 1. The zero-order valence-electron chi connectivity index (χ0n) is 17.6. The molecule has 2 N–H and O–H groups in total. The van der Waals surface area contributed by atoms with E-state index in [0.717, 1.165) is 28.6 Å². The summed E-state index contributed by atoms with van der Waals surface area (Å²) in [6.07, 6.45) is 3.07. The van der Waals surface area contributed by atoms with Gasteiger partial charge in [0.25, 0.3) is 17.7 Å². The summed E-state index contributed by atoms with van der Waals surface area (Å²) in [4.78, 5) is 52.5. The number of aromatic nitrogens is 3. The van der Waals surface area contributed by atoms with Crippen LogP contribution in [0.2, 0.25) is 0 Å². The molecule has 1 aliphatic rings. The van der Waals surface area contributed by atoms with Gasteiger partial charge in [0, 0.05) is 30.6 Å². The van der Waals surface area contributed by atoms with Crippen LogP contribution in [0.5, 0.6) is 0 Å². The van der Waals surface area contributed by atoms with Crippen molar-refractivity contribution in [1.82, 2.24) is 30.7 Å². The molecule has 0 saturated carbocycles. The molecule has 3 amide bonds. The highest BCUT2D eigenvalue weighted by molar-refractivity contribution is 7.13. The predicted octanol–water partition coefficient (Wildman–Crippen LogP) is 2.71. The lowest BCUT2D eigenvalue weighted by molar-refractivity contribution is 0.0716. The topological polar surface area (TPSA) is 117 Å². The molecular formula is C21H22N6O3S2. The number of thiazole rings is 2. The highest BCUT2D eigenvalue weighted by Crippen LogP contribution is 2.31. The lowest BCUT2D eigenvalue weighted by Crippen LogP contribution is -2.42. The number of amides is 3. The lowest BCUT2D eigenvalue weighted by atomic mass is 9.97. The molecule has 4 rings (SSSR count). The number of nitrogens with one attached hydrogen (secondary N) is 2. The van der Waals surface area contributed by atoms with E-state index in [2.05, 4.69) is 25.8 Å². The van der Waals surface area contributed by atoms with Gasteiger partial charge >= 0.3 is 0 Å². The Bertz CT molecular complexity index is 1140. The molecular weight excluding hydrogens is 448 g/mol. The fourth-order valence-corrected chi connectivity index (χ4v) is 5.38. The summed E-state index contributed by atoms with van der Waals surface area (Å²) >= 11 is 2.85. The molecule has 4 heterocycles. The number of nitrogens with zero attached hydrogens (tertiary/aromatic N) is 4. The first-order chi connectivity index (χ1) is 15.4. The van der Waals surface area contributed by atoms with E-state index >= 15 is 0 Å². The van der Waals surface area contributed by atoms with Gasteiger partial charge in [0.2, 0.25) is 0 Å². The van der Waals surface area contributed by atoms with Crippen LogP contribution in [0.25, 0.3) is 0 Å². The Hall–Kier alpha value is -3.18. The maximum Gasteiger partial charge on any atom is 0.289 e. The SMILES string of the molecule is Cc1nc(C)c(C(=O)N2CCC(c3nc(C(=O)NNC(=O)c4ccccn4)cs3)CC2)s1. The quantitative estimate of drug-likeness (QED) is 0.566. The van der Waals surface area contributed by atoms with Gasteiger partial charge in [-0.15, -0.1) is 22.7 Å². The third-order valence-electron chi connectivity index (χ3n) is 5.17. The summed E-state index contributed by atoms with van der Waals surface area (Å²) in [6, 6.07) is 4.94. The standard InChI is InChI=1S/C21H22N6O3S2/c1-12-17(32-13(2)23-12)21(30)27-9-6-14(7-10-27)20-24-16(11-31-20)19(29)26-25-18(28)15-5-3-4-8-22-15/h3-5,8,11,14H,6-7,9-10H2,1-2H3,(H,25,28)(H,26,29). The van der Waals surface area contributed by atoms with Crippen molar-refractivity contribution in [3.8, 4) is 0 Å². The van der Waals surface area contributed by atoms with E-state index in [0.29, 0.717) is 18.0 Å². The highest BCUT2D eigenvalue weighted by atomic mass is 32.1. The van der Waals surface area contributed by atoms with Crippen LogP contribution < -0.4 is 10.9 Å². The Morgan fingerprint density at radius 3 is 2.38 bits per heavy atom. The molecule has 0 radical (unpaired) electrons. The van der Waals surface area contributed by atoms with Crippen LogP contribution in [0.4, 0.5) is 0 Å². The van der Waals surface area contributed by atoms with Crippen LogP contribution in [0, 0.1) is 13.8 Å². The second kappa shape index (κ2) is 9.53. The van der Waals surface area contributed by atoms with Gasteiger partial charge in [0.1, 0.15) is 16.3 Å². The third kappa shape index (κ3) is 4.83. The smallest absolute Gasteiger partial charge is 0.289 e.